The van der Waals surface area contributed by atoms with E-state index in [0.717, 1.165) is 10.0 Å². The first-order valence-electron chi connectivity index (χ1n) is 3.41. The highest BCUT2D eigenvalue weighted by atomic mass is 79.9. The standard InChI is InChI=1S/C8H9BrN2O/c9-6-3-1-2-5(4-6)7(10)8(11)12/h1-4,7H,10H2,(H2,11,12)/t7-/m0/s1. The van der Waals surface area contributed by atoms with E-state index >= 15 is 0 Å². The van der Waals surface area contributed by atoms with Gasteiger partial charge in [-0.2, -0.15) is 0 Å². The van der Waals surface area contributed by atoms with Gasteiger partial charge >= 0.3 is 0 Å². The Hall–Kier alpha value is -0.870. The summed E-state index contributed by atoms with van der Waals surface area (Å²) in [6.07, 6.45) is 0. The molecule has 0 aliphatic rings. The lowest BCUT2D eigenvalue weighted by molar-refractivity contribution is -0.119. The summed E-state index contributed by atoms with van der Waals surface area (Å²) in [5.74, 6) is -0.520. The molecule has 64 valence electrons. The second-order valence-corrected chi connectivity index (χ2v) is 3.35. The molecule has 0 aliphatic carbocycles. The molecule has 0 heterocycles. The van der Waals surface area contributed by atoms with Crippen molar-refractivity contribution in [1.82, 2.24) is 0 Å². The van der Waals surface area contributed by atoms with Crippen LogP contribution in [0.15, 0.2) is 28.7 Å². The normalized spacial score (nSPS) is 12.5. The van der Waals surface area contributed by atoms with E-state index in [1.54, 1.807) is 12.1 Å². The number of carbonyl (C=O) groups excluding carboxylic acids is 1. The molecule has 4 N–H and O–H groups in total. The second-order valence-electron chi connectivity index (χ2n) is 2.44. The molecule has 0 saturated carbocycles. The van der Waals surface area contributed by atoms with Gasteiger partial charge in [-0.3, -0.25) is 4.79 Å². The summed E-state index contributed by atoms with van der Waals surface area (Å²) in [6.45, 7) is 0. The van der Waals surface area contributed by atoms with E-state index in [0.29, 0.717) is 0 Å². The van der Waals surface area contributed by atoms with E-state index < -0.39 is 11.9 Å². The van der Waals surface area contributed by atoms with Gasteiger partial charge < -0.3 is 11.5 Å². The Bertz CT molecular complexity index is 301. The average Bonchev–Trinajstić information content (AvgIpc) is 2.03. The first kappa shape index (κ1) is 9.22. The maximum Gasteiger partial charge on any atom is 0.238 e. The summed E-state index contributed by atoms with van der Waals surface area (Å²) in [4.78, 5) is 10.7. The van der Waals surface area contributed by atoms with Crippen LogP contribution in [0.3, 0.4) is 0 Å². The van der Waals surface area contributed by atoms with Gasteiger partial charge in [0, 0.05) is 4.47 Å². The number of nitrogens with two attached hydrogens (primary N) is 2. The molecule has 0 unspecified atom stereocenters. The van der Waals surface area contributed by atoms with Crippen LogP contribution in [0, 0.1) is 0 Å². The minimum Gasteiger partial charge on any atom is -0.368 e. The van der Waals surface area contributed by atoms with Crippen LogP contribution in [0.2, 0.25) is 0 Å². The summed E-state index contributed by atoms with van der Waals surface area (Å²) in [5.41, 5.74) is 11.3. The highest BCUT2D eigenvalue weighted by Crippen LogP contribution is 2.15. The summed E-state index contributed by atoms with van der Waals surface area (Å²) in [6, 6.07) is 6.48. The van der Waals surface area contributed by atoms with Gasteiger partial charge in [0.25, 0.3) is 0 Å². The van der Waals surface area contributed by atoms with Crippen molar-refractivity contribution in [3.63, 3.8) is 0 Å². The Labute approximate surface area is 78.9 Å². The van der Waals surface area contributed by atoms with Crippen LogP contribution in [0.25, 0.3) is 0 Å². The number of hydrogen-bond donors (Lipinski definition) is 2. The van der Waals surface area contributed by atoms with Gasteiger partial charge in [0.2, 0.25) is 5.91 Å². The molecule has 0 bridgehead atoms. The molecule has 1 aromatic carbocycles. The Morgan fingerprint density at radius 1 is 1.50 bits per heavy atom. The average molecular weight is 229 g/mol. The van der Waals surface area contributed by atoms with Gasteiger partial charge in [-0.05, 0) is 17.7 Å². The van der Waals surface area contributed by atoms with Gasteiger partial charge in [0.15, 0.2) is 0 Å². The summed E-state index contributed by atoms with van der Waals surface area (Å²) in [7, 11) is 0. The predicted octanol–water partition coefficient (Wildman–Crippen LogP) is 0.934. The molecule has 0 fully saturated rings. The minimum atomic E-state index is -0.720. The maximum absolute atomic E-state index is 10.7. The van der Waals surface area contributed by atoms with Gasteiger partial charge in [0.1, 0.15) is 6.04 Å². The third-order valence-electron chi connectivity index (χ3n) is 1.51. The number of amides is 1. The Balaban J connectivity index is 2.95. The first-order chi connectivity index (χ1) is 5.61. The lowest BCUT2D eigenvalue weighted by Crippen LogP contribution is -2.28. The van der Waals surface area contributed by atoms with Crippen molar-refractivity contribution in [2.45, 2.75) is 6.04 Å². The molecule has 0 radical (unpaired) electrons. The fourth-order valence-corrected chi connectivity index (χ4v) is 1.28. The van der Waals surface area contributed by atoms with E-state index in [-0.39, 0.29) is 0 Å². The number of halogens is 1. The molecular weight excluding hydrogens is 220 g/mol. The van der Waals surface area contributed by atoms with Crippen LogP contribution in [0.1, 0.15) is 11.6 Å². The van der Waals surface area contributed by atoms with Crippen LogP contribution in [0.5, 0.6) is 0 Å². The molecule has 1 atom stereocenters. The monoisotopic (exact) mass is 228 g/mol. The van der Waals surface area contributed by atoms with E-state index in [4.69, 9.17) is 11.5 Å². The summed E-state index contributed by atoms with van der Waals surface area (Å²) >= 11 is 3.27. The Morgan fingerprint density at radius 3 is 2.67 bits per heavy atom. The molecule has 1 amide bonds. The van der Waals surface area contributed by atoms with E-state index in [9.17, 15) is 4.79 Å². The van der Waals surface area contributed by atoms with Crippen molar-refractivity contribution >= 4 is 21.8 Å². The van der Waals surface area contributed by atoms with Crippen LogP contribution in [-0.2, 0) is 4.79 Å². The topological polar surface area (TPSA) is 69.1 Å². The molecule has 3 nitrogen and oxygen atoms in total. The molecular formula is C8H9BrN2O. The molecule has 1 aromatic rings. The van der Waals surface area contributed by atoms with Gasteiger partial charge in [0.05, 0.1) is 0 Å². The van der Waals surface area contributed by atoms with E-state index in [2.05, 4.69) is 15.9 Å². The van der Waals surface area contributed by atoms with Gasteiger partial charge in [-0.1, -0.05) is 28.1 Å². The number of carbonyl (C=O) groups is 1. The lowest BCUT2D eigenvalue weighted by atomic mass is 10.1. The van der Waals surface area contributed by atoms with Crippen molar-refractivity contribution in [1.29, 1.82) is 0 Å². The largest absolute Gasteiger partial charge is 0.368 e. The molecule has 0 saturated heterocycles. The first-order valence-corrected chi connectivity index (χ1v) is 4.21. The zero-order chi connectivity index (χ0) is 9.14. The number of rotatable bonds is 2. The third kappa shape index (κ3) is 2.06. The molecule has 4 heteroatoms. The van der Waals surface area contributed by atoms with Crippen LogP contribution >= 0.6 is 15.9 Å². The highest BCUT2D eigenvalue weighted by Gasteiger charge is 2.11. The summed E-state index contributed by atoms with van der Waals surface area (Å²) in [5, 5.41) is 0. The molecule has 1 rings (SSSR count). The van der Waals surface area contributed by atoms with E-state index in [1.165, 1.54) is 0 Å². The predicted molar refractivity (Wildman–Crippen MR) is 50.3 cm³/mol. The zero-order valence-corrected chi connectivity index (χ0v) is 7.91. The zero-order valence-electron chi connectivity index (χ0n) is 6.33. The number of hydrogen-bond acceptors (Lipinski definition) is 2. The van der Waals surface area contributed by atoms with Crippen molar-refractivity contribution in [2.75, 3.05) is 0 Å². The summed E-state index contributed by atoms with van der Waals surface area (Å²) < 4.78 is 0.886. The number of primary amides is 1. The van der Waals surface area contributed by atoms with Crippen molar-refractivity contribution in [3.05, 3.63) is 34.3 Å². The van der Waals surface area contributed by atoms with E-state index in [1.807, 2.05) is 12.1 Å². The quantitative estimate of drug-likeness (QED) is 0.792. The fraction of sp³-hybridized carbons (Fsp3) is 0.125. The van der Waals surface area contributed by atoms with Gasteiger partial charge in [-0.25, -0.2) is 0 Å². The third-order valence-corrected chi connectivity index (χ3v) is 2.01. The molecule has 0 aromatic heterocycles. The molecule has 0 aliphatic heterocycles. The van der Waals surface area contributed by atoms with Crippen molar-refractivity contribution in [3.8, 4) is 0 Å². The molecule has 0 spiro atoms. The smallest absolute Gasteiger partial charge is 0.238 e. The van der Waals surface area contributed by atoms with Crippen LogP contribution < -0.4 is 11.5 Å². The van der Waals surface area contributed by atoms with Crippen LogP contribution in [-0.4, -0.2) is 5.91 Å². The van der Waals surface area contributed by atoms with Crippen molar-refractivity contribution in [2.24, 2.45) is 11.5 Å². The highest BCUT2D eigenvalue weighted by molar-refractivity contribution is 9.10. The maximum atomic E-state index is 10.7. The van der Waals surface area contributed by atoms with Crippen LogP contribution in [0.4, 0.5) is 0 Å². The van der Waals surface area contributed by atoms with Crippen molar-refractivity contribution < 1.29 is 4.79 Å². The van der Waals surface area contributed by atoms with Gasteiger partial charge in [-0.15, -0.1) is 0 Å². The Kier molecular flexibility index (Phi) is 2.83. The SMILES string of the molecule is NC(=O)[C@@H](N)c1cccc(Br)c1. The minimum absolute atomic E-state index is 0.520. The fourth-order valence-electron chi connectivity index (χ4n) is 0.864. The Morgan fingerprint density at radius 2 is 2.17 bits per heavy atom. The molecule has 12 heavy (non-hydrogen) atoms. The lowest BCUT2D eigenvalue weighted by Gasteiger charge is -2.06. The second kappa shape index (κ2) is 3.69. The number of benzene rings is 1.